The first-order valence-electron chi connectivity index (χ1n) is 5.40. The van der Waals surface area contributed by atoms with Crippen molar-refractivity contribution in [3.05, 3.63) is 54.1 Å². The topological polar surface area (TPSA) is 35.2 Å². The smallest absolute Gasteiger partial charge is 0.119 e. The summed E-state index contributed by atoms with van der Waals surface area (Å²) in [6.45, 7) is 0. The van der Waals surface area contributed by atoms with Crippen LogP contribution in [0.1, 0.15) is 5.56 Å². The molecule has 2 nitrogen and oxygen atoms in total. The molecule has 0 saturated carbocycles. The fourth-order valence-electron chi connectivity index (χ4n) is 1.54. The minimum absolute atomic E-state index is 0.834. The zero-order valence-corrected chi connectivity index (χ0v) is 10.5. The molecule has 0 aromatic heterocycles. The first kappa shape index (κ1) is 11.9. The molecule has 0 bridgehead atoms. The summed E-state index contributed by atoms with van der Waals surface area (Å²) in [5.41, 5.74) is 7.96. The van der Waals surface area contributed by atoms with Crippen LogP contribution >= 0.6 is 11.8 Å². The number of thioether (sulfide) groups is 1. The molecule has 0 unspecified atom stereocenters. The van der Waals surface area contributed by atoms with Crippen molar-refractivity contribution in [3.63, 3.8) is 0 Å². The van der Waals surface area contributed by atoms with Crippen LogP contribution in [-0.2, 0) is 5.75 Å². The highest BCUT2D eigenvalue weighted by Crippen LogP contribution is 2.28. The van der Waals surface area contributed by atoms with E-state index in [1.165, 1.54) is 5.56 Å². The number of hydrogen-bond acceptors (Lipinski definition) is 3. The Morgan fingerprint density at radius 2 is 1.94 bits per heavy atom. The Morgan fingerprint density at radius 1 is 1.12 bits per heavy atom. The normalized spacial score (nSPS) is 10.2. The minimum Gasteiger partial charge on any atom is -0.497 e. The molecular weight excluding hydrogens is 230 g/mol. The molecule has 0 saturated heterocycles. The molecular formula is C14H15NOS. The second-order valence-electron chi connectivity index (χ2n) is 3.68. The summed E-state index contributed by atoms with van der Waals surface area (Å²) in [6.07, 6.45) is 0. The number of nitrogen functional groups attached to an aromatic ring is 1. The number of methoxy groups -OCH3 is 1. The summed E-state index contributed by atoms with van der Waals surface area (Å²) in [4.78, 5) is 1.12. The standard InChI is InChI=1S/C14H15NOS/c1-16-12-6-4-5-11(9-12)10-17-14-8-3-2-7-13(14)15/h2-9H,10,15H2,1H3. The van der Waals surface area contributed by atoms with E-state index in [1.807, 2.05) is 42.5 Å². The van der Waals surface area contributed by atoms with Gasteiger partial charge in [0.1, 0.15) is 5.75 Å². The number of hydrogen-bond donors (Lipinski definition) is 1. The average Bonchev–Trinajstić information content (AvgIpc) is 2.38. The molecule has 0 aliphatic heterocycles. The van der Waals surface area contributed by atoms with Gasteiger partial charge in [-0.2, -0.15) is 0 Å². The predicted molar refractivity (Wildman–Crippen MR) is 73.4 cm³/mol. The van der Waals surface area contributed by atoms with Gasteiger partial charge in [0.15, 0.2) is 0 Å². The van der Waals surface area contributed by atoms with E-state index in [1.54, 1.807) is 18.9 Å². The number of para-hydroxylation sites is 1. The van der Waals surface area contributed by atoms with Crippen LogP contribution in [0.3, 0.4) is 0 Å². The molecule has 17 heavy (non-hydrogen) atoms. The molecule has 0 amide bonds. The highest BCUT2D eigenvalue weighted by molar-refractivity contribution is 7.98. The van der Waals surface area contributed by atoms with Crippen LogP contribution in [0.5, 0.6) is 5.75 Å². The van der Waals surface area contributed by atoms with Crippen LogP contribution in [0.4, 0.5) is 5.69 Å². The number of benzene rings is 2. The summed E-state index contributed by atoms with van der Waals surface area (Å²) in [5, 5.41) is 0. The molecule has 0 fully saturated rings. The van der Waals surface area contributed by atoms with Gasteiger partial charge in [-0.15, -0.1) is 11.8 Å². The number of ether oxygens (including phenoxy) is 1. The fraction of sp³-hybridized carbons (Fsp3) is 0.143. The summed E-state index contributed by atoms with van der Waals surface area (Å²) in [5.74, 6) is 1.79. The number of anilines is 1. The van der Waals surface area contributed by atoms with Crippen molar-refractivity contribution in [2.24, 2.45) is 0 Å². The molecule has 2 aromatic carbocycles. The van der Waals surface area contributed by atoms with Crippen molar-refractivity contribution in [1.82, 2.24) is 0 Å². The quantitative estimate of drug-likeness (QED) is 0.660. The Balaban J connectivity index is 2.05. The Labute approximate surface area is 106 Å². The molecule has 0 aliphatic carbocycles. The van der Waals surface area contributed by atoms with Gasteiger partial charge in [-0.3, -0.25) is 0 Å². The van der Waals surface area contributed by atoms with Crippen molar-refractivity contribution in [3.8, 4) is 5.75 Å². The zero-order chi connectivity index (χ0) is 12.1. The summed E-state index contributed by atoms with van der Waals surface area (Å²) in [7, 11) is 1.68. The van der Waals surface area contributed by atoms with Crippen LogP contribution in [0.15, 0.2) is 53.4 Å². The van der Waals surface area contributed by atoms with E-state index < -0.39 is 0 Å². The largest absolute Gasteiger partial charge is 0.497 e. The molecule has 0 atom stereocenters. The Morgan fingerprint density at radius 3 is 2.71 bits per heavy atom. The van der Waals surface area contributed by atoms with Crippen LogP contribution in [0.2, 0.25) is 0 Å². The van der Waals surface area contributed by atoms with Crippen molar-refractivity contribution >= 4 is 17.4 Å². The van der Waals surface area contributed by atoms with Gasteiger partial charge in [-0.05, 0) is 29.8 Å². The molecule has 3 heteroatoms. The van der Waals surface area contributed by atoms with Gasteiger partial charge >= 0.3 is 0 Å². The summed E-state index contributed by atoms with van der Waals surface area (Å²) >= 11 is 1.74. The van der Waals surface area contributed by atoms with Gasteiger partial charge in [0.25, 0.3) is 0 Å². The Bertz CT molecular complexity index is 499. The van der Waals surface area contributed by atoms with Gasteiger partial charge in [0, 0.05) is 16.3 Å². The highest BCUT2D eigenvalue weighted by Gasteiger charge is 2.00. The van der Waals surface area contributed by atoms with Crippen LogP contribution in [0, 0.1) is 0 Å². The van der Waals surface area contributed by atoms with E-state index in [9.17, 15) is 0 Å². The molecule has 88 valence electrons. The van der Waals surface area contributed by atoms with E-state index in [2.05, 4.69) is 6.07 Å². The van der Waals surface area contributed by atoms with E-state index in [0.717, 1.165) is 22.1 Å². The second kappa shape index (κ2) is 5.64. The third-order valence-corrected chi connectivity index (χ3v) is 3.61. The van der Waals surface area contributed by atoms with E-state index >= 15 is 0 Å². The van der Waals surface area contributed by atoms with Gasteiger partial charge < -0.3 is 10.5 Å². The van der Waals surface area contributed by atoms with Crippen molar-refractivity contribution in [1.29, 1.82) is 0 Å². The summed E-state index contributed by atoms with van der Waals surface area (Å²) in [6, 6.07) is 16.0. The van der Waals surface area contributed by atoms with Crippen LogP contribution in [0.25, 0.3) is 0 Å². The maximum atomic E-state index is 5.90. The maximum Gasteiger partial charge on any atom is 0.119 e. The average molecular weight is 245 g/mol. The third kappa shape index (κ3) is 3.17. The maximum absolute atomic E-state index is 5.90. The monoisotopic (exact) mass is 245 g/mol. The lowest BCUT2D eigenvalue weighted by Crippen LogP contribution is -1.89. The molecule has 0 radical (unpaired) electrons. The molecule has 0 spiro atoms. The van der Waals surface area contributed by atoms with Gasteiger partial charge in [0.2, 0.25) is 0 Å². The number of nitrogens with two attached hydrogens (primary N) is 1. The predicted octanol–water partition coefficient (Wildman–Crippen LogP) is 3.57. The lowest BCUT2D eigenvalue weighted by molar-refractivity contribution is 0.414. The van der Waals surface area contributed by atoms with Gasteiger partial charge in [-0.1, -0.05) is 24.3 Å². The van der Waals surface area contributed by atoms with Crippen LogP contribution < -0.4 is 10.5 Å². The molecule has 2 rings (SSSR count). The fourth-order valence-corrected chi connectivity index (χ4v) is 2.45. The lowest BCUT2D eigenvalue weighted by Gasteiger charge is -2.06. The molecule has 2 N–H and O–H groups in total. The first-order chi connectivity index (χ1) is 8.29. The third-order valence-electron chi connectivity index (χ3n) is 2.45. The van der Waals surface area contributed by atoms with Gasteiger partial charge in [0.05, 0.1) is 7.11 Å². The van der Waals surface area contributed by atoms with Crippen molar-refractivity contribution < 1.29 is 4.74 Å². The van der Waals surface area contributed by atoms with E-state index in [-0.39, 0.29) is 0 Å². The van der Waals surface area contributed by atoms with E-state index in [4.69, 9.17) is 10.5 Å². The zero-order valence-electron chi connectivity index (χ0n) is 9.72. The highest BCUT2D eigenvalue weighted by atomic mass is 32.2. The molecule has 0 heterocycles. The van der Waals surface area contributed by atoms with E-state index in [0.29, 0.717) is 0 Å². The first-order valence-corrected chi connectivity index (χ1v) is 6.38. The lowest BCUT2D eigenvalue weighted by atomic mass is 10.2. The van der Waals surface area contributed by atoms with Crippen LogP contribution in [-0.4, -0.2) is 7.11 Å². The molecule has 2 aromatic rings. The summed E-state index contributed by atoms with van der Waals surface area (Å²) < 4.78 is 5.20. The number of rotatable bonds is 4. The Kier molecular flexibility index (Phi) is 3.94. The van der Waals surface area contributed by atoms with Crippen molar-refractivity contribution in [2.75, 3.05) is 12.8 Å². The van der Waals surface area contributed by atoms with Gasteiger partial charge in [-0.25, -0.2) is 0 Å². The second-order valence-corrected chi connectivity index (χ2v) is 4.70. The molecule has 0 aliphatic rings. The SMILES string of the molecule is COc1cccc(CSc2ccccc2N)c1. The minimum atomic E-state index is 0.834. The van der Waals surface area contributed by atoms with Crippen molar-refractivity contribution in [2.45, 2.75) is 10.6 Å². The Hall–Kier alpha value is -1.61.